The molecule has 0 fully saturated rings. The van der Waals surface area contributed by atoms with Gasteiger partial charge in [-0.05, 0) is 29.8 Å². The maximum Gasteiger partial charge on any atom is 0.292 e. The van der Waals surface area contributed by atoms with E-state index in [0.717, 1.165) is 23.8 Å². The van der Waals surface area contributed by atoms with Gasteiger partial charge in [-0.15, -0.1) is 0 Å². The minimum atomic E-state index is -0.552. The highest BCUT2D eigenvalue weighted by Gasteiger charge is 2.14. The molecule has 0 spiro atoms. The molecule has 0 aliphatic carbocycles. The number of hydrogen-bond donors (Lipinski definition) is 1. The lowest BCUT2D eigenvalue weighted by atomic mass is 10.2. The largest absolute Gasteiger partial charge is 0.375 e. The standard InChI is InChI=1S/C15H12FN5O2/c16-12-2-3-14(21(22)23)13(9-12)18-10-11-4-6-17-15(8-11)20-7-1-5-19-20/h1-9,18H,10H2. The predicted octanol–water partition coefficient (Wildman–Crippen LogP) is 2.93. The lowest BCUT2D eigenvalue weighted by Gasteiger charge is -2.08. The molecule has 2 aromatic heterocycles. The van der Waals surface area contributed by atoms with E-state index in [2.05, 4.69) is 15.4 Å². The van der Waals surface area contributed by atoms with Gasteiger partial charge in [0.2, 0.25) is 0 Å². The van der Waals surface area contributed by atoms with Crippen LogP contribution in [0, 0.1) is 15.9 Å². The summed E-state index contributed by atoms with van der Waals surface area (Å²) in [4.78, 5) is 14.6. The van der Waals surface area contributed by atoms with Crippen LogP contribution in [-0.4, -0.2) is 19.7 Å². The van der Waals surface area contributed by atoms with E-state index in [1.807, 2.05) is 0 Å². The third kappa shape index (κ3) is 3.31. The maximum atomic E-state index is 13.3. The van der Waals surface area contributed by atoms with Gasteiger partial charge in [-0.25, -0.2) is 14.1 Å². The van der Waals surface area contributed by atoms with Crippen molar-refractivity contribution < 1.29 is 9.31 Å². The molecule has 3 rings (SSSR count). The van der Waals surface area contributed by atoms with Gasteiger partial charge >= 0.3 is 0 Å². The third-order valence-electron chi connectivity index (χ3n) is 3.19. The van der Waals surface area contributed by atoms with Gasteiger partial charge in [0.25, 0.3) is 5.69 Å². The molecule has 2 heterocycles. The second-order valence-corrected chi connectivity index (χ2v) is 4.75. The average molecular weight is 313 g/mol. The third-order valence-corrected chi connectivity index (χ3v) is 3.19. The molecule has 8 heteroatoms. The number of benzene rings is 1. The van der Waals surface area contributed by atoms with E-state index < -0.39 is 10.7 Å². The van der Waals surface area contributed by atoms with E-state index in [1.54, 1.807) is 41.5 Å². The molecule has 0 aliphatic rings. The number of anilines is 1. The van der Waals surface area contributed by atoms with Crippen molar-refractivity contribution in [2.45, 2.75) is 6.54 Å². The molecule has 0 bridgehead atoms. The monoisotopic (exact) mass is 313 g/mol. The fraction of sp³-hybridized carbons (Fsp3) is 0.0667. The molecule has 23 heavy (non-hydrogen) atoms. The molecule has 7 nitrogen and oxygen atoms in total. The average Bonchev–Trinajstić information content (AvgIpc) is 3.07. The molecule has 116 valence electrons. The number of nitrogens with zero attached hydrogens (tertiary/aromatic N) is 4. The smallest absolute Gasteiger partial charge is 0.292 e. The number of rotatable bonds is 5. The second kappa shape index (κ2) is 6.22. The second-order valence-electron chi connectivity index (χ2n) is 4.75. The molecular weight excluding hydrogens is 301 g/mol. The summed E-state index contributed by atoms with van der Waals surface area (Å²) in [5.41, 5.74) is 0.796. The van der Waals surface area contributed by atoms with E-state index in [4.69, 9.17) is 0 Å². The quantitative estimate of drug-likeness (QED) is 0.578. The first-order chi connectivity index (χ1) is 11.1. The highest BCUT2D eigenvalue weighted by atomic mass is 19.1. The lowest BCUT2D eigenvalue weighted by Crippen LogP contribution is -2.05. The summed E-state index contributed by atoms with van der Waals surface area (Å²) < 4.78 is 14.9. The van der Waals surface area contributed by atoms with E-state index >= 15 is 0 Å². The van der Waals surface area contributed by atoms with Crippen LogP contribution in [0.1, 0.15) is 5.56 Å². The van der Waals surface area contributed by atoms with Gasteiger partial charge in [-0.2, -0.15) is 5.10 Å². The van der Waals surface area contributed by atoms with Crippen molar-refractivity contribution in [3.8, 4) is 5.82 Å². The first-order valence-electron chi connectivity index (χ1n) is 6.76. The molecule has 0 aliphatic heterocycles. The molecule has 1 aromatic carbocycles. The number of halogens is 1. The Labute approximate surface area is 130 Å². The van der Waals surface area contributed by atoms with E-state index in [1.165, 1.54) is 0 Å². The molecule has 0 saturated heterocycles. The number of hydrogen-bond acceptors (Lipinski definition) is 5. The van der Waals surface area contributed by atoms with E-state index in [0.29, 0.717) is 12.4 Å². The van der Waals surface area contributed by atoms with Crippen LogP contribution in [0.15, 0.2) is 55.0 Å². The van der Waals surface area contributed by atoms with Crippen molar-refractivity contribution in [2.75, 3.05) is 5.32 Å². The van der Waals surface area contributed by atoms with Gasteiger partial charge in [0.1, 0.15) is 11.5 Å². The van der Waals surface area contributed by atoms with Gasteiger partial charge in [-0.3, -0.25) is 10.1 Å². The summed E-state index contributed by atoms with van der Waals surface area (Å²) in [7, 11) is 0. The van der Waals surface area contributed by atoms with Crippen LogP contribution in [-0.2, 0) is 6.54 Å². The predicted molar refractivity (Wildman–Crippen MR) is 81.7 cm³/mol. The summed E-state index contributed by atoms with van der Waals surface area (Å²) in [5.74, 6) is 0.0908. The van der Waals surface area contributed by atoms with E-state index in [9.17, 15) is 14.5 Å². The fourth-order valence-corrected chi connectivity index (χ4v) is 2.11. The number of nitro groups is 1. The van der Waals surface area contributed by atoms with Crippen molar-refractivity contribution in [3.05, 3.63) is 76.5 Å². The number of aromatic nitrogens is 3. The van der Waals surface area contributed by atoms with Gasteiger partial charge < -0.3 is 5.32 Å². The maximum absolute atomic E-state index is 13.3. The summed E-state index contributed by atoms with van der Waals surface area (Å²) in [6.45, 7) is 0.293. The number of nitro benzene ring substituents is 1. The normalized spacial score (nSPS) is 10.5. The Morgan fingerprint density at radius 3 is 2.87 bits per heavy atom. The van der Waals surface area contributed by atoms with Gasteiger partial charge in [0.15, 0.2) is 5.82 Å². The van der Waals surface area contributed by atoms with Crippen molar-refractivity contribution >= 4 is 11.4 Å². The van der Waals surface area contributed by atoms with Gasteiger partial charge in [0.05, 0.1) is 4.92 Å². The molecule has 0 atom stereocenters. The fourth-order valence-electron chi connectivity index (χ4n) is 2.11. The molecule has 0 saturated carbocycles. The Balaban J connectivity index is 1.80. The Kier molecular flexibility index (Phi) is 3.96. The van der Waals surface area contributed by atoms with Crippen LogP contribution in [0.25, 0.3) is 5.82 Å². The molecule has 3 aromatic rings. The Bertz CT molecular complexity index is 836. The first-order valence-corrected chi connectivity index (χ1v) is 6.76. The molecule has 0 radical (unpaired) electrons. The van der Waals surface area contributed by atoms with Crippen LogP contribution in [0.3, 0.4) is 0 Å². The first kappa shape index (κ1) is 14.6. The Morgan fingerprint density at radius 2 is 2.13 bits per heavy atom. The lowest BCUT2D eigenvalue weighted by molar-refractivity contribution is -0.384. The van der Waals surface area contributed by atoms with Crippen LogP contribution in [0.2, 0.25) is 0 Å². The molecule has 0 unspecified atom stereocenters. The van der Waals surface area contributed by atoms with Crippen molar-refractivity contribution in [1.82, 2.24) is 14.8 Å². The van der Waals surface area contributed by atoms with Crippen LogP contribution in [0.4, 0.5) is 15.8 Å². The van der Waals surface area contributed by atoms with Crippen LogP contribution < -0.4 is 5.32 Å². The SMILES string of the molecule is O=[N+]([O-])c1ccc(F)cc1NCc1ccnc(-n2cccn2)c1. The molecule has 1 N–H and O–H groups in total. The van der Waals surface area contributed by atoms with Crippen molar-refractivity contribution in [1.29, 1.82) is 0 Å². The highest BCUT2D eigenvalue weighted by Crippen LogP contribution is 2.25. The summed E-state index contributed by atoms with van der Waals surface area (Å²) in [6.07, 6.45) is 5.02. The molecular formula is C15H12FN5O2. The zero-order chi connectivity index (χ0) is 16.2. The van der Waals surface area contributed by atoms with Gasteiger partial charge in [-0.1, -0.05) is 0 Å². The summed E-state index contributed by atoms with van der Waals surface area (Å²) >= 11 is 0. The van der Waals surface area contributed by atoms with Gasteiger partial charge in [0, 0.05) is 37.3 Å². The van der Waals surface area contributed by atoms with Crippen molar-refractivity contribution in [3.63, 3.8) is 0 Å². The Morgan fingerprint density at radius 1 is 1.26 bits per heavy atom. The number of pyridine rings is 1. The summed E-state index contributed by atoms with van der Waals surface area (Å²) in [6, 6.07) is 8.65. The van der Waals surface area contributed by atoms with Crippen LogP contribution >= 0.6 is 0 Å². The topological polar surface area (TPSA) is 85.9 Å². The summed E-state index contributed by atoms with van der Waals surface area (Å²) in [5, 5.41) is 18.0. The molecule has 0 amide bonds. The zero-order valence-corrected chi connectivity index (χ0v) is 11.9. The Hall–Kier alpha value is -3.29. The van der Waals surface area contributed by atoms with Crippen molar-refractivity contribution in [2.24, 2.45) is 0 Å². The van der Waals surface area contributed by atoms with Crippen LogP contribution in [0.5, 0.6) is 0 Å². The van der Waals surface area contributed by atoms with E-state index in [-0.39, 0.29) is 11.4 Å². The zero-order valence-electron chi connectivity index (χ0n) is 11.9. The number of nitrogens with one attached hydrogen (secondary N) is 1. The highest BCUT2D eigenvalue weighted by molar-refractivity contribution is 5.61. The minimum Gasteiger partial charge on any atom is -0.375 e. The minimum absolute atomic E-state index is 0.132.